The van der Waals surface area contributed by atoms with Gasteiger partial charge in [0.1, 0.15) is 11.3 Å². The van der Waals surface area contributed by atoms with E-state index in [9.17, 15) is 4.79 Å². The summed E-state index contributed by atoms with van der Waals surface area (Å²) in [6.07, 6.45) is 5.18. The second-order valence-corrected chi connectivity index (χ2v) is 8.26. The van der Waals surface area contributed by atoms with Crippen molar-refractivity contribution in [2.45, 2.75) is 32.2 Å². The number of imidazole rings is 1. The molecule has 2 heterocycles. The highest BCUT2D eigenvalue weighted by Crippen LogP contribution is 2.29. The number of amides is 1. The van der Waals surface area contributed by atoms with Gasteiger partial charge in [-0.2, -0.15) is 0 Å². The molecule has 0 radical (unpaired) electrons. The fourth-order valence-corrected chi connectivity index (χ4v) is 4.10. The molecular weight excluding hydrogens is 440 g/mol. The molecule has 4 rings (SSSR count). The van der Waals surface area contributed by atoms with Gasteiger partial charge in [0.15, 0.2) is 11.8 Å². The Bertz CT molecular complexity index is 1380. The number of nitrogens with two attached hydrogens (primary N) is 3. The van der Waals surface area contributed by atoms with Gasteiger partial charge in [0.25, 0.3) is 5.91 Å². The Labute approximate surface area is 203 Å². The number of aromatic nitrogens is 3. The lowest BCUT2D eigenvalue weighted by Crippen LogP contribution is -2.24. The highest BCUT2D eigenvalue weighted by Gasteiger charge is 2.16. The molecule has 0 fully saturated rings. The largest absolute Gasteiger partial charge is 0.382 e. The van der Waals surface area contributed by atoms with Crippen molar-refractivity contribution in [1.82, 2.24) is 19.9 Å². The standard InChI is InChI=1S/C26H30N8O/c1-2-3-10-21-33-22-23(19-8-4-5-9-20(19)32-24(22)27)34(21)16-7-6-15-30-25(35)17-11-13-18(14-12-17)31-26(28)29/h2,4-5,8-9,11-14H,1,3,6-7,10,15-16H2,(H2,27,32)(H,30,35)(H4,28,29,31). The minimum absolute atomic E-state index is 0.0209. The van der Waals surface area contributed by atoms with Crippen LogP contribution in [0.3, 0.4) is 0 Å². The van der Waals surface area contributed by atoms with E-state index in [-0.39, 0.29) is 11.9 Å². The first-order valence-corrected chi connectivity index (χ1v) is 11.6. The summed E-state index contributed by atoms with van der Waals surface area (Å²) in [5.74, 6) is 1.25. The zero-order chi connectivity index (χ0) is 24.8. The van der Waals surface area contributed by atoms with Crippen molar-refractivity contribution < 1.29 is 4.79 Å². The molecule has 0 aliphatic heterocycles. The molecule has 2 aromatic carbocycles. The van der Waals surface area contributed by atoms with Crippen LogP contribution in [-0.4, -0.2) is 32.9 Å². The highest BCUT2D eigenvalue weighted by atomic mass is 16.1. The predicted molar refractivity (Wildman–Crippen MR) is 141 cm³/mol. The van der Waals surface area contributed by atoms with Gasteiger partial charge in [-0.25, -0.2) is 15.0 Å². The van der Waals surface area contributed by atoms with E-state index in [2.05, 4.69) is 32.5 Å². The van der Waals surface area contributed by atoms with E-state index >= 15 is 0 Å². The number of nitrogens with zero attached hydrogens (tertiary/aromatic N) is 4. The molecule has 1 amide bonds. The summed E-state index contributed by atoms with van der Waals surface area (Å²) in [5.41, 5.74) is 20.8. The predicted octanol–water partition coefficient (Wildman–Crippen LogP) is 3.40. The monoisotopic (exact) mass is 470 g/mol. The third kappa shape index (κ3) is 5.40. The van der Waals surface area contributed by atoms with Gasteiger partial charge in [-0.05, 0) is 49.6 Å². The number of carbonyl (C=O) groups excluding carboxylic acids is 1. The number of nitrogens with one attached hydrogen (secondary N) is 1. The Morgan fingerprint density at radius 3 is 2.60 bits per heavy atom. The summed E-state index contributed by atoms with van der Waals surface area (Å²) < 4.78 is 2.24. The van der Waals surface area contributed by atoms with Gasteiger partial charge in [-0.1, -0.05) is 24.3 Å². The molecule has 0 bridgehead atoms. The van der Waals surface area contributed by atoms with E-state index in [1.54, 1.807) is 24.3 Å². The Morgan fingerprint density at radius 1 is 1.09 bits per heavy atom. The first kappa shape index (κ1) is 23.7. The van der Waals surface area contributed by atoms with E-state index < -0.39 is 0 Å². The Kier molecular flexibility index (Phi) is 7.25. The van der Waals surface area contributed by atoms with Crippen molar-refractivity contribution in [3.05, 3.63) is 72.6 Å². The number of benzene rings is 2. The summed E-state index contributed by atoms with van der Waals surface area (Å²) >= 11 is 0. The summed E-state index contributed by atoms with van der Waals surface area (Å²) in [7, 11) is 0. The van der Waals surface area contributed by atoms with Gasteiger partial charge in [-0.15, -0.1) is 6.58 Å². The van der Waals surface area contributed by atoms with E-state index in [0.29, 0.717) is 23.6 Å². The molecule has 9 nitrogen and oxygen atoms in total. The molecular formula is C26H30N8O. The van der Waals surface area contributed by atoms with E-state index in [0.717, 1.165) is 60.0 Å². The number of hydrogen-bond acceptors (Lipinski definition) is 5. The van der Waals surface area contributed by atoms with Crippen molar-refractivity contribution in [2.75, 3.05) is 12.3 Å². The summed E-state index contributed by atoms with van der Waals surface area (Å²) in [5, 5.41) is 4.01. The van der Waals surface area contributed by atoms with Gasteiger partial charge < -0.3 is 27.1 Å². The molecule has 0 atom stereocenters. The number of aryl methyl sites for hydroxylation is 2. The van der Waals surface area contributed by atoms with E-state index in [1.807, 2.05) is 24.3 Å². The van der Waals surface area contributed by atoms with Crippen molar-refractivity contribution in [3.8, 4) is 0 Å². The smallest absolute Gasteiger partial charge is 0.251 e. The van der Waals surface area contributed by atoms with Gasteiger partial charge in [0, 0.05) is 30.5 Å². The molecule has 0 unspecified atom stereocenters. The third-order valence-electron chi connectivity index (χ3n) is 5.74. The topological polar surface area (TPSA) is 150 Å². The number of hydrogen-bond donors (Lipinski definition) is 4. The van der Waals surface area contributed by atoms with Crippen LogP contribution in [0.15, 0.2) is 66.2 Å². The third-order valence-corrected chi connectivity index (χ3v) is 5.74. The van der Waals surface area contributed by atoms with Crippen molar-refractivity contribution >= 4 is 45.3 Å². The molecule has 2 aromatic heterocycles. The molecule has 35 heavy (non-hydrogen) atoms. The van der Waals surface area contributed by atoms with Gasteiger partial charge in [0.2, 0.25) is 0 Å². The quantitative estimate of drug-likeness (QED) is 0.121. The number of aliphatic imine (C=N–C) groups is 1. The highest BCUT2D eigenvalue weighted by molar-refractivity contribution is 6.06. The lowest BCUT2D eigenvalue weighted by Gasteiger charge is -2.11. The fraction of sp³-hybridized carbons (Fsp3) is 0.231. The minimum Gasteiger partial charge on any atom is -0.382 e. The maximum atomic E-state index is 12.5. The van der Waals surface area contributed by atoms with E-state index in [4.69, 9.17) is 22.2 Å². The second kappa shape index (κ2) is 10.7. The van der Waals surface area contributed by atoms with Gasteiger partial charge in [-0.3, -0.25) is 4.79 Å². The number of guanidine groups is 1. The molecule has 0 aliphatic carbocycles. The van der Waals surface area contributed by atoms with Crippen molar-refractivity contribution in [3.63, 3.8) is 0 Å². The minimum atomic E-state index is -0.133. The first-order chi connectivity index (χ1) is 17.0. The number of unbranched alkanes of at least 4 members (excludes halogenated alkanes) is 1. The fourth-order valence-electron chi connectivity index (χ4n) is 4.10. The molecule has 7 N–H and O–H groups in total. The number of carbonyl (C=O) groups is 1. The van der Waals surface area contributed by atoms with Gasteiger partial charge >= 0.3 is 0 Å². The van der Waals surface area contributed by atoms with Crippen LogP contribution < -0.4 is 22.5 Å². The molecule has 9 heteroatoms. The average molecular weight is 471 g/mol. The summed E-state index contributed by atoms with van der Waals surface area (Å²) in [4.78, 5) is 25.8. The Morgan fingerprint density at radius 2 is 1.86 bits per heavy atom. The SMILES string of the molecule is C=CCCc1nc2c(N)nc3ccccc3c2n1CCCCNC(=O)c1ccc(N=C(N)N)cc1. The van der Waals surface area contributed by atoms with Gasteiger partial charge in [0.05, 0.1) is 16.7 Å². The average Bonchev–Trinajstić information content (AvgIpc) is 3.22. The van der Waals surface area contributed by atoms with Crippen LogP contribution in [0.1, 0.15) is 35.4 Å². The lowest BCUT2D eigenvalue weighted by atomic mass is 10.1. The second-order valence-electron chi connectivity index (χ2n) is 8.26. The van der Waals surface area contributed by atoms with E-state index in [1.165, 1.54) is 0 Å². The van der Waals surface area contributed by atoms with Crippen LogP contribution in [0.25, 0.3) is 21.9 Å². The Hall–Kier alpha value is -4.40. The lowest BCUT2D eigenvalue weighted by molar-refractivity contribution is 0.0953. The number of allylic oxidation sites excluding steroid dienone is 1. The van der Waals surface area contributed by atoms with Crippen LogP contribution in [0.2, 0.25) is 0 Å². The van der Waals surface area contributed by atoms with Crippen LogP contribution in [0.4, 0.5) is 11.5 Å². The molecule has 180 valence electrons. The normalized spacial score (nSPS) is 11.0. The summed E-state index contributed by atoms with van der Waals surface area (Å²) in [6.45, 7) is 5.17. The van der Waals surface area contributed by atoms with Crippen LogP contribution >= 0.6 is 0 Å². The number of pyridine rings is 1. The maximum absolute atomic E-state index is 12.5. The molecule has 4 aromatic rings. The van der Waals surface area contributed by atoms with Crippen molar-refractivity contribution in [2.24, 2.45) is 16.5 Å². The molecule has 0 aliphatic rings. The first-order valence-electron chi connectivity index (χ1n) is 11.6. The molecule has 0 saturated carbocycles. The number of anilines is 1. The number of rotatable bonds is 10. The van der Waals surface area contributed by atoms with Crippen LogP contribution in [0, 0.1) is 0 Å². The number of para-hydroxylation sites is 1. The maximum Gasteiger partial charge on any atom is 0.251 e. The van der Waals surface area contributed by atoms with Crippen LogP contribution in [-0.2, 0) is 13.0 Å². The van der Waals surface area contributed by atoms with Crippen molar-refractivity contribution in [1.29, 1.82) is 0 Å². The molecule has 0 saturated heterocycles. The van der Waals surface area contributed by atoms with Crippen LogP contribution in [0.5, 0.6) is 0 Å². The number of nitrogen functional groups attached to an aromatic ring is 1. The summed E-state index contributed by atoms with van der Waals surface area (Å²) in [6, 6.07) is 14.8. The number of fused-ring (bicyclic) bond motifs is 3. The molecule has 0 spiro atoms. The Balaban J connectivity index is 1.43. The zero-order valence-corrected chi connectivity index (χ0v) is 19.6. The zero-order valence-electron chi connectivity index (χ0n) is 19.6.